The quantitative estimate of drug-likeness (QED) is 0.546. The van der Waals surface area contributed by atoms with Crippen LogP contribution in [0.5, 0.6) is 11.5 Å². The maximum Gasteiger partial charge on any atom is 0.416 e. The molecule has 0 aliphatic heterocycles. The van der Waals surface area contributed by atoms with Crippen molar-refractivity contribution in [2.45, 2.75) is 6.18 Å². The summed E-state index contributed by atoms with van der Waals surface area (Å²) in [5, 5.41) is 2.32. The molecule has 0 unspecified atom stereocenters. The lowest BCUT2D eigenvalue weighted by molar-refractivity contribution is -0.137. The fraction of sp³-hybridized carbons (Fsp3) is 0.0952. The number of ether oxygens (including phenoxy) is 1. The van der Waals surface area contributed by atoms with Crippen molar-refractivity contribution in [1.82, 2.24) is 0 Å². The summed E-state index contributed by atoms with van der Waals surface area (Å²) in [6.07, 6.45) is -3.82. The number of benzene rings is 3. The molecule has 3 aromatic carbocycles. The van der Waals surface area contributed by atoms with Gasteiger partial charge in [-0.1, -0.05) is 18.2 Å². The highest BCUT2D eigenvalue weighted by atomic mass is 32.2. The van der Waals surface area contributed by atoms with Gasteiger partial charge in [0.2, 0.25) is 10.0 Å². The Kier molecular flexibility index (Phi) is 6.21. The van der Waals surface area contributed by atoms with Crippen LogP contribution in [0.2, 0.25) is 0 Å². The molecule has 31 heavy (non-hydrogen) atoms. The lowest BCUT2D eigenvalue weighted by atomic mass is 10.1. The van der Waals surface area contributed by atoms with Crippen LogP contribution in [0.4, 0.5) is 24.5 Å². The van der Waals surface area contributed by atoms with E-state index in [4.69, 9.17) is 4.74 Å². The number of hydrogen-bond donors (Lipinski definition) is 2. The van der Waals surface area contributed by atoms with Crippen LogP contribution in [-0.4, -0.2) is 20.6 Å². The summed E-state index contributed by atoms with van der Waals surface area (Å²) in [6.45, 7) is 0. The summed E-state index contributed by atoms with van der Waals surface area (Å²) in [5.74, 6) is 0.337. The molecular formula is C21H17F3N2O4S. The Balaban J connectivity index is 1.82. The molecule has 0 atom stereocenters. The van der Waals surface area contributed by atoms with E-state index in [2.05, 4.69) is 10.0 Å². The van der Waals surface area contributed by atoms with Gasteiger partial charge in [0, 0.05) is 5.56 Å². The SMILES string of the molecule is CS(=O)(=O)Nc1ccc(C(F)(F)F)cc1NC(=O)c1ccc(Oc2ccccc2)cc1. The Morgan fingerprint density at radius 1 is 0.871 bits per heavy atom. The molecule has 6 nitrogen and oxygen atoms in total. The molecule has 0 heterocycles. The molecule has 3 rings (SSSR count). The Labute approximate surface area is 176 Å². The largest absolute Gasteiger partial charge is 0.457 e. The number of sulfonamides is 1. The van der Waals surface area contributed by atoms with Gasteiger partial charge in [0.15, 0.2) is 0 Å². The highest BCUT2D eigenvalue weighted by Gasteiger charge is 2.31. The van der Waals surface area contributed by atoms with E-state index in [9.17, 15) is 26.4 Å². The van der Waals surface area contributed by atoms with Crippen molar-refractivity contribution in [1.29, 1.82) is 0 Å². The number of nitrogens with one attached hydrogen (secondary N) is 2. The normalized spacial score (nSPS) is 11.6. The van der Waals surface area contributed by atoms with Gasteiger partial charge in [0.1, 0.15) is 11.5 Å². The molecule has 10 heteroatoms. The summed E-state index contributed by atoms with van der Waals surface area (Å²) in [7, 11) is -3.78. The van der Waals surface area contributed by atoms with E-state index in [-0.39, 0.29) is 16.9 Å². The number of halogens is 3. The zero-order valence-corrected chi connectivity index (χ0v) is 16.9. The van der Waals surface area contributed by atoms with Gasteiger partial charge < -0.3 is 10.1 Å². The first-order chi connectivity index (χ1) is 14.5. The molecule has 0 aliphatic rings. The third-order valence-electron chi connectivity index (χ3n) is 3.99. The number of rotatable bonds is 6. The Bertz CT molecular complexity index is 1180. The third kappa shape index (κ3) is 6.22. The van der Waals surface area contributed by atoms with Gasteiger partial charge in [-0.3, -0.25) is 9.52 Å². The fourth-order valence-corrected chi connectivity index (χ4v) is 3.18. The number of anilines is 2. The molecule has 0 fully saturated rings. The molecule has 0 aliphatic carbocycles. The molecule has 0 spiro atoms. The van der Waals surface area contributed by atoms with Crippen molar-refractivity contribution in [2.75, 3.05) is 16.3 Å². The molecule has 162 valence electrons. The number of carbonyl (C=O) groups excluding carboxylic acids is 1. The van der Waals surface area contributed by atoms with Crippen LogP contribution in [0.3, 0.4) is 0 Å². The molecule has 0 bridgehead atoms. The molecule has 0 saturated heterocycles. The van der Waals surface area contributed by atoms with E-state index in [0.717, 1.165) is 18.4 Å². The highest BCUT2D eigenvalue weighted by molar-refractivity contribution is 7.92. The second-order valence-electron chi connectivity index (χ2n) is 6.53. The van der Waals surface area contributed by atoms with E-state index in [1.807, 2.05) is 6.07 Å². The van der Waals surface area contributed by atoms with Crippen molar-refractivity contribution in [3.8, 4) is 11.5 Å². The van der Waals surface area contributed by atoms with Crippen LogP contribution in [-0.2, 0) is 16.2 Å². The van der Waals surface area contributed by atoms with Crippen LogP contribution >= 0.6 is 0 Å². The minimum Gasteiger partial charge on any atom is -0.457 e. The minimum absolute atomic E-state index is 0.142. The topological polar surface area (TPSA) is 84.5 Å². The van der Waals surface area contributed by atoms with Crippen LogP contribution in [0.15, 0.2) is 72.8 Å². The molecule has 0 aromatic heterocycles. The summed E-state index contributed by atoms with van der Waals surface area (Å²) in [4.78, 5) is 12.6. The van der Waals surface area contributed by atoms with Gasteiger partial charge in [-0.05, 0) is 54.6 Å². The molecular weight excluding hydrogens is 433 g/mol. The van der Waals surface area contributed by atoms with Crippen LogP contribution < -0.4 is 14.8 Å². The van der Waals surface area contributed by atoms with Crippen LogP contribution in [0, 0.1) is 0 Å². The number of carbonyl (C=O) groups is 1. The van der Waals surface area contributed by atoms with E-state index in [0.29, 0.717) is 17.6 Å². The van der Waals surface area contributed by atoms with Gasteiger partial charge in [-0.2, -0.15) is 13.2 Å². The average Bonchev–Trinajstić information content (AvgIpc) is 2.69. The first-order valence-corrected chi connectivity index (χ1v) is 10.7. The number of hydrogen-bond acceptors (Lipinski definition) is 4. The van der Waals surface area contributed by atoms with Crippen LogP contribution in [0.1, 0.15) is 15.9 Å². The van der Waals surface area contributed by atoms with E-state index in [1.165, 1.54) is 24.3 Å². The van der Waals surface area contributed by atoms with Crippen molar-refractivity contribution in [3.05, 3.63) is 83.9 Å². The number of para-hydroxylation sites is 1. The van der Waals surface area contributed by atoms with Gasteiger partial charge in [0.05, 0.1) is 23.2 Å². The second-order valence-corrected chi connectivity index (χ2v) is 8.27. The Hall–Kier alpha value is -3.53. The lowest BCUT2D eigenvalue weighted by Gasteiger charge is -2.15. The monoisotopic (exact) mass is 450 g/mol. The molecule has 0 radical (unpaired) electrons. The van der Waals surface area contributed by atoms with E-state index in [1.54, 1.807) is 24.3 Å². The van der Waals surface area contributed by atoms with Gasteiger partial charge in [0.25, 0.3) is 5.91 Å². The van der Waals surface area contributed by atoms with Gasteiger partial charge in [-0.25, -0.2) is 8.42 Å². The summed E-state index contributed by atoms with van der Waals surface area (Å²) in [5.41, 5.74) is -1.40. The zero-order chi connectivity index (χ0) is 22.6. The Morgan fingerprint density at radius 3 is 2.06 bits per heavy atom. The zero-order valence-electron chi connectivity index (χ0n) is 16.1. The molecule has 1 amide bonds. The maximum absolute atomic E-state index is 13.1. The smallest absolute Gasteiger partial charge is 0.416 e. The summed E-state index contributed by atoms with van der Waals surface area (Å²) >= 11 is 0. The predicted molar refractivity (Wildman–Crippen MR) is 111 cm³/mol. The highest BCUT2D eigenvalue weighted by Crippen LogP contribution is 2.34. The summed E-state index contributed by atoms with van der Waals surface area (Å²) < 4.78 is 69.9. The minimum atomic E-state index is -4.67. The first-order valence-electron chi connectivity index (χ1n) is 8.85. The molecule has 0 saturated carbocycles. The standard InChI is InChI=1S/C21H17F3N2O4S/c1-31(28,29)26-18-12-9-15(21(22,23)24)13-19(18)25-20(27)14-7-10-17(11-8-14)30-16-5-3-2-4-6-16/h2-13,26H,1H3,(H,25,27). The van der Waals surface area contributed by atoms with Crippen molar-refractivity contribution < 1.29 is 31.1 Å². The van der Waals surface area contributed by atoms with Gasteiger partial charge in [-0.15, -0.1) is 0 Å². The lowest BCUT2D eigenvalue weighted by Crippen LogP contribution is -2.17. The molecule has 2 N–H and O–H groups in total. The van der Waals surface area contributed by atoms with Gasteiger partial charge >= 0.3 is 6.18 Å². The van der Waals surface area contributed by atoms with Crippen molar-refractivity contribution in [2.24, 2.45) is 0 Å². The second kappa shape index (κ2) is 8.68. The third-order valence-corrected chi connectivity index (χ3v) is 4.58. The fourth-order valence-electron chi connectivity index (χ4n) is 2.61. The number of alkyl halides is 3. The van der Waals surface area contributed by atoms with Crippen LogP contribution in [0.25, 0.3) is 0 Å². The van der Waals surface area contributed by atoms with Crippen molar-refractivity contribution in [3.63, 3.8) is 0 Å². The average molecular weight is 450 g/mol. The predicted octanol–water partition coefficient (Wildman–Crippen LogP) is 5.12. The number of amides is 1. The maximum atomic E-state index is 13.1. The van der Waals surface area contributed by atoms with Crippen molar-refractivity contribution >= 4 is 27.3 Å². The summed E-state index contributed by atoms with van der Waals surface area (Å²) in [6, 6.07) is 17.2. The molecule has 3 aromatic rings. The van der Waals surface area contributed by atoms with E-state index < -0.39 is 27.7 Å². The first kappa shape index (κ1) is 22.2. The van der Waals surface area contributed by atoms with E-state index >= 15 is 0 Å². The Morgan fingerprint density at radius 2 is 1.48 bits per heavy atom.